The van der Waals surface area contributed by atoms with Crippen LogP contribution in [0, 0.1) is 0 Å². The molecule has 0 saturated carbocycles. The van der Waals surface area contributed by atoms with Crippen LogP contribution in [0.4, 0.5) is 0 Å². The lowest BCUT2D eigenvalue weighted by Gasteiger charge is -2.25. The third-order valence-electron chi connectivity index (χ3n) is 14.6. The maximum Gasteiger partial charge on any atom is 0.361 e. The van der Waals surface area contributed by atoms with E-state index < -0.39 is 24.3 Å². The molecule has 0 aliphatic heterocycles. The van der Waals surface area contributed by atoms with Gasteiger partial charge in [0.15, 0.2) is 6.10 Å². The van der Waals surface area contributed by atoms with Crippen molar-refractivity contribution in [1.29, 1.82) is 0 Å². The molecule has 2 unspecified atom stereocenters. The van der Waals surface area contributed by atoms with Crippen LogP contribution < -0.4 is 0 Å². The average Bonchev–Trinajstić information content (AvgIpc) is 3.44. The van der Waals surface area contributed by atoms with Gasteiger partial charge in [0.1, 0.15) is 13.2 Å². The summed E-state index contributed by atoms with van der Waals surface area (Å²) in [6, 6.07) is 0. The minimum atomic E-state index is -1.52. The van der Waals surface area contributed by atoms with Crippen LogP contribution in [0.2, 0.25) is 0 Å². The summed E-state index contributed by atoms with van der Waals surface area (Å²) in [5.74, 6) is -2.00. The normalized spacial score (nSPS) is 13.2. The number of unbranched alkanes of at least 4 members (excludes halogenated alkanes) is 33. The Balaban J connectivity index is 4.13. The van der Waals surface area contributed by atoms with Gasteiger partial charge in [-0.15, -0.1) is 0 Å². The molecule has 0 fully saturated rings. The third-order valence-corrected chi connectivity index (χ3v) is 14.6. The van der Waals surface area contributed by atoms with Crippen molar-refractivity contribution < 1.29 is 42.9 Å². The zero-order chi connectivity index (χ0) is 59.1. The van der Waals surface area contributed by atoms with Crippen LogP contribution in [0.25, 0.3) is 0 Å². The van der Waals surface area contributed by atoms with Crippen LogP contribution in [0.1, 0.15) is 296 Å². The number of likely N-dealkylation sites (N-methyl/N-ethyl adjacent to an activating group) is 1. The van der Waals surface area contributed by atoms with Gasteiger partial charge in [0, 0.05) is 12.8 Å². The molecule has 468 valence electrons. The molecule has 0 spiro atoms. The summed E-state index contributed by atoms with van der Waals surface area (Å²) >= 11 is 0. The SMILES string of the molecule is CC/C=C\C/C=C\C/C=C\C/C=C\C/C=C\CCCCCCCCCCCC(=O)OC(COC(=O)CCCCCCCCCCCCCCCCCCCCC/C=C\C/C=C\CCCCCCC)COC(OCC[N+](C)(C)C)C(=O)O. The Kier molecular flexibility index (Phi) is 59.8. The number of aliphatic carboxylic acids is 1. The van der Waals surface area contributed by atoms with Gasteiger partial charge in [0.2, 0.25) is 0 Å². The van der Waals surface area contributed by atoms with Gasteiger partial charge >= 0.3 is 17.9 Å². The maximum absolute atomic E-state index is 12.9. The molecule has 9 heteroatoms. The molecule has 0 aromatic carbocycles. The van der Waals surface area contributed by atoms with Crippen LogP contribution in [0.15, 0.2) is 85.1 Å². The van der Waals surface area contributed by atoms with Crippen molar-refractivity contribution in [2.24, 2.45) is 0 Å². The molecular formula is C72H128NO8+. The van der Waals surface area contributed by atoms with Gasteiger partial charge in [-0.25, -0.2) is 4.79 Å². The highest BCUT2D eigenvalue weighted by atomic mass is 16.7. The van der Waals surface area contributed by atoms with E-state index in [2.05, 4.69) is 98.9 Å². The second-order valence-electron chi connectivity index (χ2n) is 23.7. The molecule has 81 heavy (non-hydrogen) atoms. The van der Waals surface area contributed by atoms with Gasteiger partial charge in [-0.05, 0) is 89.9 Å². The fourth-order valence-corrected chi connectivity index (χ4v) is 9.48. The Labute approximate surface area is 500 Å². The number of hydrogen-bond donors (Lipinski definition) is 1. The predicted octanol–water partition coefficient (Wildman–Crippen LogP) is 20.7. The fraction of sp³-hybridized carbons (Fsp3) is 0.764. The zero-order valence-corrected chi connectivity index (χ0v) is 53.4. The molecule has 9 nitrogen and oxygen atoms in total. The number of ether oxygens (including phenoxy) is 4. The van der Waals surface area contributed by atoms with Crippen molar-refractivity contribution >= 4 is 17.9 Å². The Morgan fingerprint density at radius 1 is 0.383 bits per heavy atom. The van der Waals surface area contributed by atoms with Gasteiger partial charge in [0.25, 0.3) is 6.29 Å². The van der Waals surface area contributed by atoms with Gasteiger partial charge in [-0.1, -0.05) is 279 Å². The first-order valence-electron chi connectivity index (χ1n) is 33.8. The van der Waals surface area contributed by atoms with Crippen LogP contribution in [-0.2, 0) is 33.3 Å². The molecule has 0 rings (SSSR count). The summed E-state index contributed by atoms with van der Waals surface area (Å²) < 4.78 is 23.0. The second kappa shape index (κ2) is 62.5. The van der Waals surface area contributed by atoms with Gasteiger partial charge < -0.3 is 28.5 Å². The highest BCUT2D eigenvalue weighted by molar-refractivity contribution is 5.71. The second-order valence-corrected chi connectivity index (χ2v) is 23.7. The number of carbonyl (C=O) groups excluding carboxylic acids is 2. The van der Waals surface area contributed by atoms with Crippen molar-refractivity contribution in [2.75, 3.05) is 47.5 Å². The molecule has 1 N–H and O–H groups in total. The molecule has 2 atom stereocenters. The average molecular weight is 1140 g/mol. The van der Waals surface area contributed by atoms with E-state index in [9.17, 15) is 19.5 Å². The molecule has 0 radical (unpaired) electrons. The zero-order valence-electron chi connectivity index (χ0n) is 53.4. The summed E-state index contributed by atoms with van der Waals surface area (Å²) in [6.45, 7) is 4.77. The van der Waals surface area contributed by atoms with E-state index in [0.29, 0.717) is 23.9 Å². The van der Waals surface area contributed by atoms with Crippen molar-refractivity contribution in [1.82, 2.24) is 0 Å². The number of esters is 2. The van der Waals surface area contributed by atoms with E-state index in [1.54, 1.807) is 0 Å². The fourth-order valence-electron chi connectivity index (χ4n) is 9.48. The van der Waals surface area contributed by atoms with Crippen molar-refractivity contribution in [3.8, 4) is 0 Å². The number of carboxylic acid groups (broad SMARTS) is 1. The Bertz CT molecular complexity index is 1600. The van der Waals surface area contributed by atoms with Gasteiger partial charge in [-0.2, -0.15) is 0 Å². The van der Waals surface area contributed by atoms with E-state index in [1.807, 2.05) is 21.1 Å². The van der Waals surface area contributed by atoms with Crippen LogP contribution in [0.5, 0.6) is 0 Å². The largest absolute Gasteiger partial charge is 0.477 e. The van der Waals surface area contributed by atoms with E-state index in [0.717, 1.165) is 83.5 Å². The monoisotopic (exact) mass is 1130 g/mol. The highest BCUT2D eigenvalue weighted by Gasteiger charge is 2.25. The summed E-state index contributed by atoms with van der Waals surface area (Å²) in [6.07, 6.45) is 81.1. The Morgan fingerprint density at radius 2 is 0.704 bits per heavy atom. The maximum atomic E-state index is 12.9. The van der Waals surface area contributed by atoms with Gasteiger partial charge in [0.05, 0.1) is 34.4 Å². The lowest BCUT2D eigenvalue weighted by atomic mass is 10.0. The molecule has 0 aromatic heterocycles. The molecule has 0 amide bonds. The number of nitrogens with zero attached hydrogens (tertiary/aromatic N) is 1. The summed E-state index contributed by atoms with van der Waals surface area (Å²) in [7, 11) is 5.97. The molecule has 0 aliphatic rings. The first kappa shape index (κ1) is 77.5. The minimum absolute atomic E-state index is 0.184. The van der Waals surface area contributed by atoms with Crippen molar-refractivity contribution in [3.05, 3.63) is 85.1 Å². The predicted molar refractivity (Wildman–Crippen MR) is 346 cm³/mol. The highest BCUT2D eigenvalue weighted by Crippen LogP contribution is 2.17. The number of hydrogen-bond acceptors (Lipinski definition) is 7. The van der Waals surface area contributed by atoms with Crippen LogP contribution in [-0.4, -0.2) is 87.4 Å². The molecule has 0 aromatic rings. The number of carboxylic acids is 1. The first-order chi connectivity index (χ1) is 39.6. The Hall–Kier alpha value is -3.53. The molecular weight excluding hydrogens is 1010 g/mol. The van der Waals surface area contributed by atoms with Crippen LogP contribution in [0.3, 0.4) is 0 Å². The minimum Gasteiger partial charge on any atom is -0.477 e. The lowest BCUT2D eigenvalue weighted by molar-refractivity contribution is -0.870. The molecule has 0 bridgehead atoms. The molecule has 0 saturated heterocycles. The third kappa shape index (κ3) is 63.9. The van der Waals surface area contributed by atoms with E-state index in [1.165, 1.54) is 180 Å². The first-order valence-corrected chi connectivity index (χ1v) is 33.8. The molecule has 0 aliphatic carbocycles. The summed E-state index contributed by atoms with van der Waals surface area (Å²) in [5.41, 5.74) is 0. The van der Waals surface area contributed by atoms with E-state index in [-0.39, 0.29) is 32.2 Å². The van der Waals surface area contributed by atoms with Crippen LogP contribution >= 0.6 is 0 Å². The lowest BCUT2D eigenvalue weighted by Crippen LogP contribution is -2.40. The smallest absolute Gasteiger partial charge is 0.361 e. The van der Waals surface area contributed by atoms with Gasteiger partial charge in [-0.3, -0.25) is 9.59 Å². The van der Waals surface area contributed by atoms with Crippen molar-refractivity contribution in [2.45, 2.75) is 309 Å². The number of allylic oxidation sites excluding steroid dienone is 14. The number of carbonyl (C=O) groups is 3. The van der Waals surface area contributed by atoms with Crippen molar-refractivity contribution in [3.63, 3.8) is 0 Å². The quantitative estimate of drug-likeness (QED) is 0.0211. The summed E-state index contributed by atoms with van der Waals surface area (Å²) in [5, 5.41) is 9.74. The summed E-state index contributed by atoms with van der Waals surface area (Å²) in [4.78, 5) is 37.6. The molecule has 0 heterocycles. The number of quaternary nitrogens is 1. The number of rotatable bonds is 62. The topological polar surface area (TPSA) is 108 Å². The van der Waals surface area contributed by atoms with E-state index >= 15 is 0 Å². The van der Waals surface area contributed by atoms with E-state index in [4.69, 9.17) is 18.9 Å². The standard InChI is InChI=1S/C72H127NO8/c1-6-8-10-12-14-16-18-20-22-24-26-28-30-32-33-34-35-36-37-39-40-42-44-46-48-50-52-54-56-58-60-62-69(74)79-66-68(67-80-72(71(76)77)78-65-64-73(3,4)5)81-70(75)63-61-59-57-55-53-51-49-47-45-43-41-38-31-29-27-25-23-21-19-17-15-13-11-9-7-2/h9,11,15,17-18,20-21,23-24,26-27,29,38,41,68,72H,6-8,10,12-14,16,19,22,25,28,30-37,39-40,42-67H2,1-5H3/p+1/b11-9-,17-15-,20-18-,23-21-,26-24-,29-27-,41-38-. The Morgan fingerprint density at radius 3 is 1.05 bits per heavy atom.